The molecule has 0 aliphatic heterocycles. The van der Waals surface area contributed by atoms with Crippen LogP contribution in [0.3, 0.4) is 0 Å². The lowest BCUT2D eigenvalue weighted by Gasteiger charge is -2.32. The number of nitrogens with zero attached hydrogens (tertiary/aromatic N) is 2. The summed E-state index contributed by atoms with van der Waals surface area (Å²) in [6, 6.07) is 12.1. The van der Waals surface area contributed by atoms with Crippen LogP contribution in [0.15, 0.2) is 59.5 Å². The van der Waals surface area contributed by atoms with Crippen molar-refractivity contribution in [2.75, 3.05) is 39.2 Å². The fourth-order valence-electron chi connectivity index (χ4n) is 4.10. The molecule has 226 valence electrons. The zero-order chi connectivity index (χ0) is 31.2. The van der Waals surface area contributed by atoms with E-state index < -0.39 is 34.4 Å². The molecule has 2 amide bonds. The number of benzene rings is 3. The van der Waals surface area contributed by atoms with Gasteiger partial charge < -0.3 is 24.4 Å². The molecule has 0 heterocycles. The van der Waals surface area contributed by atoms with Crippen LogP contribution in [0.25, 0.3) is 0 Å². The molecule has 0 unspecified atom stereocenters. The van der Waals surface area contributed by atoms with E-state index in [1.165, 1.54) is 82.7 Å². The van der Waals surface area contributed by atoms with Crippen molar-refractivity contribution < 1.29 is 32.2 Å². The lowest BCUT2D eigenvalue weighted by atomic mass is 10.1. The highest BCUT2D eigenvalue weighted by atomic mass is 35.5. The Hall–Kier alpha value is -3.38. The van der Waals surface area contributed by atoms with Crippen LogP contribution in [-0.2, 0) is 26.2 Å². The smallest absolute Gasteiger partial charge is 0.265 e. The summed E-state index contributed by atoms with van der Waals surface area (Å²) in [5.74, 6) is -0.561. The molecular weight excluding hydrogens is 629 g/mol. The van der Waals surface area contributed by atoms with Crippen LogP contribution >= 0.6 is 34.8 Å². The van der Waals surface area contributed by atoms with Gasteiger partial charge in [0, 0.05) is 34.7 Å². The van der Waals surface area contributed by atoms with Gasteiger partial charge in [0.05, 0.1) is 31.9 Å². The van der Waals surface area contributed by atoms with Gasteiger partial charge in [-0.05, 0) is 55.0 Å². The molecule has 3 rings (SSSR count). The minimum Gasteiger partial charge on any atom is -0.495 e. The maximum absolute atomic E-state index is 14.2. The molecule has 0 saturated heterocycles. The molecular formula is C28H30Cl3N3O7S. The van der Waals surface area contributed by atoms with E-state index in [1.54, 1.807) is 12.1 Å². The highest BCUT2D eigenvalue weighted by molar-refractivity contribution is 7.92. The third kappa shape index (κ3) is 7.33. The summed E-state index contributed by atoms with van der Waals surface area (Å²) in [7, 11) is 1.12. The maximum atomic E-state index is 14.2. The van der Waals surface area contributed by atoms with Crippen molar-refractivity contribution >= 4 is 62.3 Å². The van der Waals surface area contributed by atoms with Crippen molar-refractivity contribution in [3.63, 3.8) is 0 Å². The number of ether oxygens (including phenoxy) is 3. The Morgan fingerprint density at radius 3 is 2.05 bits per heavy atom. The number of amides is 2. The molecule has 3 aromatic rings. The standard InChI is InChI=1S/C28H30Cl3N3O7S/c1-17(28(36)32-2)33(15-18-6-7-19(29)12-22(18)31)27(35)16-34(23-13-20(30)8-10-24(23)39-3)42(37,38)21-9-11-25(40-4)26(14-21)41-5/h6-14,17H,15-16H2,1-5H3,(H,32,36)/t17-/m0/s1. The van der Waals surface area contributed by atoms with Crippen LogP contribution in [0.2, 0.25) is 15.1 Å². The van der Waals surface area contributed by atoms with Crippen LogP contribution < -0.4 is 23.8 Å². The Morgan fingerprint density at radius 1 is 0.857 bits per heavy atom. The lowest BCUT2D eigenvalue weighted by Crippen LogP contribution is -2.50. The van der Waals surface area contributed by atoms with Gasteiger partial charge in [-0.2, -0.15) is 0 Å². The number of methoxy groups -OCH3 is 3. The van der Waals surface area contributed by atoms with Gasteiger partial charge in [0.2, 0.25) is 11.8 Å². The van der Waals surface area contributed by atoms with E-state index in [2.05, 4.69) is 5.32 Å². The van der Waals surface area contributed by atoms with E-state index >= 15 is 0 Å². The van der Waals surface area contributed by atoms with Crippen LogP contribution in [0.5, 0.6) is 17.2 Å². The first kappa shape index (κ1) is 33.1. The molecule has 0 aromatic heterocycles. The molecule has 0 bridgehead atoms. The number of hydrogen-bond donors (Lipinski definition) is 1. The molecule has 3 aromatic carbocycles. The summed E-state index contributed by atoms with van der Waals surface area (Å²) in [6.45, 7) is 0.688. The van der Waals surface area contributed by atoms with Crippen LogP contribution in [0.4, 0.5) is 5.69 Å². The molecule has 0 spiro atoms. The number of carbonyl (C=O) groups is 2. The Kier molecular flexibility index (Phi) is 11.2. The number of anilines is 1. The zero-order valence-electron chi connectivity index (χ0n) is 23.5. The van der Waals surface area contributed by atoms with Gasteiger partial charge >= 0.3 is 0 Å². The van der Waals surface area contributed by atoms with E-state index in [9.17, 15) is 18.0 Å². The zero-order valence-corrected chi connectivity index (χ0v) is 26.6. The number of rotatable bonds is 12. The summed E-state index contributed by atoms with van der Waals surface area (Å²) in [5.41, 5.74) is 0.505. The fourth-order valence-corrected chi connectivity index (χ4v) is 6.17. The van der Waals surface area contributed by atoms with Crippen molar-refractivity contribution in [3.8, 4) is 17.2 Å². The Bertz CT molecular complexity index is 1570. The molecule has 0 fully saturated rings. The van der Waals surface area contributed by atoms with E-state index in [4.69, 9.17) is 49.0 Å². The van der Waals surface area contributed by atoms with Gasteiger partial charge in [-0.15, -0.1) is 0 Å². The summed E-state index contributed by atoms with van der Waals surface area (Å²) >= 11 is 18.7. The topological polar surface area (TPSA) is 114 Å². The Balaban J connectivity index is 2.17. The van der Waals surface area contributed by atoms with Gasteiger partial charge in [0.25, 0.3) is 10.0 Å². The molecule has 0 saturated carbocycles. The Labute approximate surface area is 260 Å². The van der Waals surface area contributed by atoms with Crippen LogP contribution in [-0.4, -0.2) is 66.1 Å². The van der Waals surface area contributed by atoms with Crippen molar-refractivity contribution in [2.45, 2.75) is 24.4 Å². The van der Waals surface area contributed by atoms with Gasteiger partial charge in [-0.3, -0.25) is 13.9 Å². The average Bonchev–Trinajstić information content (AvgIpc) is 2.97. The summed E-state index contributed by atoms with van der Waals surface area (Å²) in [6.07, 6.45) is 0. The molecule has 1 atom stereocenters. The first-order chi connectivity index (χ1) is 19.9. The quantitative estimate of drug-likeness (QED) is 0.290. The summed E-state index contributed by atoms with van der Waals surface area (Å²) in [5, 5.41) is 3.38. The molecule has 1 N–H and O–H groups in total. The van der Waals surface area contributed by atoms with Crippen LogP contribution in [0.1, 0.15) is 12.5 Å². The minimum absolute atomic E-state index is 0.00482. The first-order valence-electron chi connectivity index (χ1n) is 12.4. The lowest BCUT2D eigenvalue weighted by molar-refractivity contribution is -0.139. The first-order valence-corrected chi connectivity index (χ1v) is 15.0. The van der Waals surface area contributed by atoms with Crippen molar-refractivity contribution in [2.24, 2.45) is 0 Å². The van der Waals surface area contributed by atoms with Gasteiger partial charge in [-0.1, -0.05) is 40.9 Å². The number of hydrogen-bond acceptors (Lipinski definition) is 7. The van der Waals surface area contributed by atoms with Crippen molar-refractivity contribution in [1.82, 2.24) is 10.2 Å². The van der Waals surface area contributed by atoms with Crippen molar-refractivity contribution in [3.05, 3.63) is 75.2 Å². The third-order valence-corrected chi connectivity index (χ3v) is 8.98. The molecule has 42 heavy (non-hydrogen) atoms. The predicted octanol–water partition coefficient (Wildman–Crippen LogP) is 5.03. The van der Waals surface area contributed by atoms with Crippen LogP contribution in [0, 0.1) is 0 Å². The van der Waals surface area contributed by atoms with Gasteiger partial charge in [0.15, 0.2) is 11.5 Å². The highest BCUT2D eigenvalue weighted by Gasteiger charge is 2.34. The number of halogens is 3. The second kappa shape index (κ2) is 14.2. The molecule has 14 heteroatoms. The second-order valence-corrected chi connectivity index (χ2v) is 12.0. The van der Waals surface area contributed by atoms with E-state index in [0.29, 0.717) is 16.3 Å². The number of carbonyl (C=O) groups excluding carboxylic acids is 2. The highest BCUT2D eigenvalue weighted by Crippen LogP contribution is 2.37. The summed E-state index contributed by atoms with van der Waals surface area (Å²) in [4.78, 5) is 27.7. The summed E-state index contributed by atoms with van der Waals surface area (Å²) < 4.78 is 45.2. The third-order valence-electron chi connectivity index (χ3n) is 6.40. The van der Waals surface area contributed by atoms with E-state index in [-0.39, 0.29) is 38.7 Å². The normalized spacial score (nSPS) is 11.8. The van der Waals surface area contributed by atoms with Gasteiger partial charge in [-0.25, -0.2) is 8.42 Å². The maximum Gasteiger partial charge on any atom is 0.265 e. The molecule has 10 nitrogen and oxygen atoms in total. The molecule has 0 radical (unpaired) electrons. The second-order valence-electron chi connectivity index (χ2n) is 8.89. The Morgan fingerprint density at radius 2 is 1.45 bits per heavy atom. The minimum atomic E-state index is -4.46. The number of sulfonamides is 1. The van der Waals surface area contributed by atoms with Gasteiger partial charge in [0.1, 0.15) is 18.3 Å². The van der Waals surface area contributed by atoms with E-state index in [0.717, 1.165) is 4.31 Å². The number of likely N-dealkylation sites (N-methyl/N-ethyl adjacent to an activating group) is 1. The van der Waals surface area contributed by atoms with E-state index in [1.807, 2.05) is 0 Å². The molecule has 0 aliphatic carbocycles. The number of nitrogens with one attached hydrogen (secondary N) is 1. The fraction of sp³-hybridized carbons (Fsp3) is 0.286. The average molecular weight is 659 g/mol. The predicted molar refractivity (Wildman–Crippen MR) is 163 cm³/mol. The SMILES string of the molecule is CNC(=O)[C@H](C)N(Cc1ccc(Cl)cc1Cl)C(=O)CN(c1cc(Cl)ccc1OC)S(=O)(=O)c1ccc(OC)c(OC)c1. The van der Waals surface area contributed by atoms with Crippen molar-refractivity contribution in [1.29, 1.82) is 0 Å². The molecule has 0 aliphatic rings. The largest absolute Gasteiger partial charge is 0.495 e. The monoisotopic (exact) mass is 657 g/mol.